The van der Waals surface area contributed by atoms with Crippen LogP contribution in [-0.2, 0) is 16.1 Å². The molecular weight excluding hydrogens is 507 g/mol. The Morgan fingerprint density at radius 1 is 1.13 bits per heavy atom. The molecule has 2 aromatic carbocycles. The van der Waals surface area contributed by atoms with Crippen molar-refractivity contribution in [3.63, 3.8) is 0 Å². The number of Topliss-reactive ketones (excluding diaryl/α,β-unsaturated/α-hetero) is 1. The lowest BCUT2D eigenvalue weighted by molar-refractivity contribution is -0.140. The maximum atomic E-state index is 13.1. The van der Waals surface area contributed by atoms with Gasteiger partial charge in [-0.2, -0.15) is 0 Å². The number of nitrogens with zero attached hydrogens (tertiary/aromatic N) is 2. The van der Waals surface area contributed by atoms with Gasteiger partial charge in [-0.15, -0.1) is 0 Å². The summed E-state index contributed by atoms with van der Waals surface area (Å²) in [5, 5.41) is 11.1. The molecule has 1 aliphatic rings. The number of ketones is 1. The Bertz CT molecular complexity index is 1160. The van der Waals surface area contributed by atoms with Gasteiger partial charge in [0.25, 0.3) is 11.7 Å². The van der Waals surface area contributed by atoms with E-state index < -0.39 is 17.7 Å². The van der Waals surface area contributed by atoms with E-state index in [1.165, 1.54) is 12.0 Å². The fourth-order valence-electron chi connectivity index (χ4n) is 3.65. The maximum absolute atomic E-state index is 13.1. The van der Waals surface area contributed by atoms with Gasteiger partial charge in [-0.05, 0) is 64.0 Å². The van der Waals surface area contributed by atoms with Crippen LogP contribution < -0.4 is 4.74 Å². The quantitative estimate of drug-likeness (QED) is 0.232. The third kappa shape index (κ3) is 4.18. The molecule has 1 amide bonds. The van der Waals surface area contributed by atoms with Crippen LogP contribution in [0.4, 0.5) is 0 Å². The van der Waals surface area contributed by atoms with Crippen molar-refractivity contribution < 1.29 is 19.4 Å². The van der Waals surface area contributed by atoms with E-state index in [1.54, 1.807) is 42.7 Å². The smallest absolute Gasteiger partial charge is 0.295 e. The molecule has 1 N–H and O–H groups in total. The Balaban J connectivity index is 1.86. The van der Waals surface area contributed by atoms with Crippen LogP contribution in [0, 0.1) is 3.57 Å². The summed E-state index contributed by atoms with van der Waals surface area (Å²) < 4.78 is 6.26. The summed E-state index contributed by atoms with van der Waals surface area (Å²) in [7, 11) is 1.53. The molecule has 156 valence electrons. The van der Waals surface area contributed by atoms with Crippen molar-refractivity contribution in [2.75, 3.05) is 7.11 Å². The summed E-state index contributed by atoms with van der Waals surface area (Å²) in [6, 6.07) is 17.2. The summed E-state index contributed by atoms with van der Waals surface area (Å²) in [5.41, 5.74) is 2.01. The maximum Gasteiger partial charge on any atom is 0.295 e. The number of methoxy groups -OCH3 is 1. The molecule has 0 spiro atoms. The number of ether oxygens (including phenoxy) is 1. The van der Waals surface area contributed by atoms with Crippen LogP contribution in [0.15, 0.2) is 78.6 Å². The van der Waals surface area contributed by atoms with E-state index in [-0.39, 0.29) is 17.9 Å². The summed E-state index contributed by atoms with van der Waals surface area (Å²) >= 11 is 2.20. The Morgan fingerprint density at radius 2 is 1.90 bits per heavy atom. The number of halogens is 1. The first-order valence-corrected chi connectivity index (χ1v) is 10.6. The fourth-order valence-corrected chi connectivity index (χ4v) is 4.01. The van der Waals surface area contributed by atoms with Gasteiger partial charge in [0, 0.05) is 28.1 Å². The second-order valence-corrected chi connectivity index (χ2v) is 8.32. The Kier molecular flexibility index (Phi) is 6.03. The van der Waals surface area contributed by atoms with E-state index in [0.29, 0.717) is 11.3 Å². The van der Waals surface area contributed by atoms with Crippen LogP contribution in [0.3, 0.4) is 0 Å². The standard InChI is InChI=1S/C24H19IN2O4/c1-31-19-6-2-5-17(12-19)22(28)20-21(16-7-9-18(25)10-8-16)27(24(30)23(20)29)14-15-4-3-11-26-13-15/h2-13,21,28H,14H2,1H3. The molecule has 0 aliphatic carbocycles. The van der Waals surface area contributed by atoms with Crippen LogP contribution in [0.5, 0.6) is 5.75 Å². The van der Waals surface area contributed by atoms with E-state index in [9.17, 15) is 14.7 Å². The molecule has 1 unspecified atom stereocenters. The number of aliphatic hydroxyl groups excluding tert-OH is 1. The first kappa shape index (κ1) is 21.0. The molecule has 1 aliphatic heterocycles. The highest BCUT2D eigenvalue weighted by atomic mass is 127. The lowest BCUT2D eigenvalue weighted by Gasteiger charge is -2.25. The molecule has 3 aromatic rings. The van der Waals surface area contributed by atoms with Gasteiger partial charge in [0.05, 0.1) is 18.7 Å². The van der Waals surface area contributed by atoms with Gasteiger partial charge in [0.15, 0.2) is 0 Å². The van der Waals surface area contributed by atoms with Crippen LogP contribution in [-0.4, -0.2) is 33.8 Å². The highest BCUT2D eigenvalue weighted by Gasteiger charge is 2.46. The van der Waals surface area contributed by atoms with Gasteiger partial charge in [-0.3, -0.25) is 14.6 Å². The first-order valence-electron chi connectivity index (χ1n) is 9.57. The van der Waals surface area contributed by atoms with Crippen molar-refractivity contribution >= 4 is 40.0 Å². The molecule has 0 radical (unpaired) electrons. The second kappa shape index (κ2) is 8.89. The molecule has 4 rings (SSSR count). The minimum Gasteiger partial charge on any atom is -0.507 e. The zero-order valence-electron chi connectivity index (χ0n) is 16.7. The molecule has 7 heteroatoms. The van der Waals surface area contributed by atoms with E-state index in [2.05, 4.69) is 27.6 Å². The second-order valence-electron chi connectivity index (χ2n) is 7.07. The zero-order chi connectivity index (χ0) is 22.0. The summed E-state index contributed by atoms with van der Waals surface area (Å²) in [6.07, 6.45) is 3.31. The Morgan fingerprint density at radius 3 is 2.58 bits per heavy atom. The van der Waals surface area contributed by atoms with Gasteiger partial charge in [0.1, 0.15) is 11.5 Å². The lowest BCUT2D eigenvalue weighted by atomic mass is 9.95. The lowest BCUT2D eigenvalue weighted by Crippen LogP contribution is -2.29. The SMILES string of the molecule is COc1cccc(C(O)=C2C(=O)C(=O)N(Cc3cccnc3)C2c2ccc(I)cc2)c1. The highest BCUT2D eigenvalue weighted by molar-refractivity contribution is 14.1. The molecule has 1 atom stereocenters. The minimum absolute atomic E-state index is 0.0587. The average Bonchev–Trinajstić information content (AvgIpc) is 3.05. The van der Waals surface area contributed by atoms with Crippen LogP contribution in [0.25, 0.3) is 5.76 Å². The number of rotatable bonds is 5. The molecule has 1 aromatic heterocycles. The number of carbonyl (C=O) groups is 2. The van der Waals surface area contributed by atoms with E-state index in [1.807, 2.05) is 30.3 Å². The predicted octanol–water partition coefficient (Wildman–Crippen LogP) is 4.32. The van der Waals surface area contributed by atoms with E-state index >= 15 is 0 Å². The average molecular weight is 526 g/mol. The van der Waals surface area contributed by atoms with Crippen molar-refractivity contribution in [3.05, 3.63) is 98.9 Å². The molecule has 0 bridgehead atoms. The Labute approximate surface area is 193 Å². The number of pyridine rings is 1. The molecule has 2 heterocycles. The van der Waals surface area contributed by atoms with Gasteiger partial charge in [-0.1, -0.05) is 30.3 Å². The summed E-state index contributed by atoms with van der Waals surface area (Å²) in [5.74, 6) is -1.06. The summed E-state index contributed by atoms with van der Waals surface area (Å²) in [6.45, 7) is 0.198. The van der Waals surface area contributed by atoms with Crippen molar-refractivity contribution in [1.29, 1.82) is 0 Å². The van der Waals surface area contributed by atoms with Crippen molar-refractivity contribution in [3.8, 4) is 5.75 Å². The van der Waals surface area contributed by atoms with Gasteiger partial charge >= 0.3 is 0 Å². The fraction of sp³-hybridized carbons (Fsp3) is 0.125. The van der Waals surface area contributed by atoms with Crippen molar-refractivity contribution in [1.82, 2.24) is 9.88 Å². The minimum atomic E-state index is -0.719. The molecular formula is C24H19IN2O4. The van der Waals surface area contributed by atoms with Crippen molar-refractivity contribution in [2.24, 2.45) is 0 Å². The van der Waals surface area contributed by atoms with E-state index in [0.717, 1.165) is 14.7 Å². The monoisotopic (exact) mass is 526 g/mol. The first-order chi connectivity index (χ1) is 15.0. The van der Waals surface area contributed by atoms with Crippen LogP contribution in [0.2, 0.25) is 0 Å². The van der Waals surface area contributed by atoms with Crippen molar-refractivity contribution in [2.45, 2.75) is 12.6 Å². The third-order valence-electron chi connectivity index (χ3n) is 5.14. The summed E-state index contributed by atoms with van der Waals surface area (Å²) in [4.78, 5) is 31.7. The number of hydrogen-bond acceptors (Lipinski definition) is 5. The largest absolute Gasteiger partial charge is 0.507 e. The molecule has 1 fully saturated rings. The third-order valence-corrected chi connectivity index (χ3v) is 5.86. The number of amides is 1. The topological polar surface area (TPSA) is 79.7 Å². The van der Waals surface area contributed by atoms with Gasteiger partial charge < -0.3 is 14.7 Å². The number of aromatic nitrogens is 1. The van der Waals surface area contributed by atoms with Gasteiger partial charge in [-0.25, -0.2) is 0 Å². The van der Waals surface area contributed by atoms with E-state index in [4.69, 9.17) is 4.74 Å². The highest BCUT2D eigenvalue weighted by Crippen LogP contribution is 2.40. The molecule has 0 saturated carbocycles. The molecule has 1 saturated heterocycles. The van der Waals surface area contributed by atoms with Crippen LogP contribution in [0.1, 0.15) is 22.7 Å². The number of hydrogen-bond donors (Lipinski definition) is 1. The molecule has 31 heavy (non-hydrogen) atoms. The molecule has 6 nitrogen and oxygen atoms in total. The van der Waals surface area contributed by atoms with Gasteiger partial charge in [0.2, 0.25) is 0 Å². The normalized spacial score (nSPS) is 17.7. The Hall–Kier alpha value is -3.20. The number of likely N-dealkylation sites (tertiary alicyclic amines) is 1. The number of aliphatic hydroxyl groups is 1. The number of carbonyl (C=O) groups excluding carboxylic acids is 2. The van der Waals surface area contributed by atoms with Crippen LogP contribution >= 0.6 is 22.6 Å². The number of benzene rings is 2. The zero-order valence-corrected chi connectivity index (χ0v) is 18.8. The predicted molar refractivity (Wildman–Crippen MR) is 124 cm³/mol.